The summed E-state index contributed by atoms with van der Waals surface area (Å²) in [5.41, 5.74) is 5.12. The molecule has 33 heavy (non-hydrogen) atoms. The van der Waals surface area contributed by atoms with Gasteiger partial charge >= 0.3 is 5.97 Å². The van der Waals surface area contributed by atoms with E-state index in [0.717, 1.165) is 58.3 Å². The van der Waals surface area contributed by atoms with E-state index < -0.39 is 24.6 Å². The van der Waals surface area contributed by atoms with Crippen LogP contribution < -0.4 is 0 Å². The molecule has 1 aromatic carbocycles. The van der Waals surface area contributed by atoms with Crippen LogP contribution in [-0.2, 0) is 4.79 Å². The number of aliphatic hydroxyl groups excluding tert-OH is 2. The van der Waals surface area contributed by atoms with Crippen molar-refractivity contribution in [3.05, 3.63) is 58.4 Å². The van der Waals surface area contributed by atoms with E-state index in [2.05, 4.69) is 5.38 Å². The van der Waals surface area contributed by atoms with Crippen LogP contribution in [0.25, 0.3) is 27.4 Å². The Morgan fingerprint density at radius 3 is 2.48 bits per heavy atom. The van der Waals surface area contributed by atoms with E-state index in [1.807, 2.05) is 6.08 Å². The van der Waals surface area contributed by atoms with Gasteiger partial charge in [-0.15, -0.1) is 11.3 Å². The molecule has 3 N–H and O–H groups in total. The Hall–Kier alpha value is -2.61. The lowest BCUT2D eigenvalue weighted by Crippen LogP contribution is -2.19. The highest BCUT2D eigenvalue weighted by Gasteiger charge is 2.33. The molecule has 0 unspecified atom stereocenters. The molecule has 2 aromatic heterocycles. The number of carboxylic acid groups (broad SMARTS) is 1. The van der Waals surface area contributed by atoms with Crippen molar-refractivity contribution < 1.29 is 24.5 Å². The van der Waals surface area contributed by atoms with Gasteiger partial charge in [-0.3, -0.25) is 4.79 Å². The Kier molecular flexibility index (Phi) is 6.03. The number of nitrogens with zero attached hydrogens (tertiary/aromatic N) is 1. The molecule has 0 bridgehead atoms. The van der Waals surface area contributed by atoms with E-state index in [0.29, 0.717) is 11.8 Å². The number of aliphatic carboxylic acids is 1. The predicted octanol–water partition coefficient (Wildman–Crippen LogP) is 5.46. The fourth-order valence-electron chi connectivity index (χ4n) is 4.42. The van der Waals surface area contributed by atoms with Gasteiger partial charge in [0.05, 0.1) is 24.3 Å². The van der Waals surface area contributed by atoms with Crippen molar-refractivity contribution in [1.29, 1.82) is 0 Å². The molecule has 2 fully saturated rings. The average molecular weight is 468 g/mol. The zero-order valence-electron chi connectivity index (χ0n) is 18.1. The van der Waals surface area contributed by atoms with Crippen LogP contribution in [-0.4, -0.2) is 38.5 Å². The third-order valence-electron chi connectivity index (χ3n) is 6.34. The quantitative estimate of drug-likeness (QED) is 0.389. The molecule has 5 rings (SSSR count). The molecule has 0 radical (unpaired) electrons. The number of fused-ring (bicyclic) bond motifs is 1. The first-order valence-corrected chi connectivity index (χ1v) is 12.3. The van der Waals surface area contributed by atoms with Gasteiger partial charge in [0.2, 0.25) is 0 Å². The smallest absolute Gasteiger partial charge is 0.305 e. The Labute approximate surface area is 195 Å². The summed E-state index contributed by atoms with van der Waals surface area (Å²) in [5, 5.41) is 32.5. The summed E-state index contributed by atoms with van der Waals surface area (Å²) in [7, 11) is 0. The van der Waals surface area contributed by atoms with E-state index in [9.17, 15) is 19.4 Å². The van der Waals surface area contributed by atoms with E-state index in [-0.39, 0.29) is 12.2 Å². The van der Waals surface area contributed by atoms with Crippen molar-refractivity contribution in [2.75, 3.05) is 0 Å². The summed E-state index contributed by atoms with van der Waals surface area (Å²) in [4.78, 5) is 16.8. The van der Waals surface area contributed by atoms with Crippen LogP contribution in [0.5, 0.6) is 0 Å². The van der Waals surface area contributed by atoms with Crippen molar-refractivity contribution >= 4 is 33.6 Å². The number of benzene rings is 1. The molecule has 2 aliphatic carbocycles. The average Bonchev–Trinajstić information content (AvgIpc) is 3.69. The molecule has 0 saturated heterocycles. The minimum absolute atomic E-state index is 0.0606. The zero-order chi connectivity index (χ0) is 23.1. The molecule has 0 spiro atoms. The lowest BCUT2D eigenvalue weighted by Gasteiger charge is -2.16. The van der Waals surface area contributed by atoms with Crippen molar-refractivity contribution in [2.24, 2.45) is 0 Å². The standard InChI is InChI=1S/C26H26FNO4S/c27-17-7-5-15(6-8-17)23-20(10-9-18(29)11-19(30)12-22(31)32)25(16-3-4-16)28-26-24(23)21(13-33-26)14-1-2-14/h5-10,13-14,16,18-19,29-30H,1-4,11-12H2,(H,31,32)/b10-9+/t18-,19-/m1/s1. The van der Waals surface area contributed by atoms with E-state index >= 15 is 0 Å². The highest BCUT2D eigenvalue weighted by Crippen LogP contribution is 2.51. The van der Waals surface area contributed by atoms with Crippen LogP contribution in [0.15, 0.2) is 35.7 Å². The van der Waals surface area contributed by atoms with Gasteiger partial charge in [0.15, 0.2) is 0 Å². The van der Waals surface area contributed by atoms with Crippen molar-refractivity contribution in [1.82, 2.24) is 4.98 Å². The molecule has 2 heterocycles. The van der Waals surface area contributed by atoms with Gasteiger partial charge in [-0.25, -0.2) is 9.37 Å². The number of aliphatic hydroxyl groups is 2. The topological polar surface area (TPSA) is 90.7 Å². The van der Waals surface area contributed by atoms with Crippen LogP contribution in [0.3, 0.4) is 0 Å². The molecule has 2 saturated carbocycles. The van der Waals surface area contributed by atoms with Gasteiger partial charge in [-0.05, 0) is 60.2 Å². The number of rotatable bonds is 9. The number of halogens is 1. The van der Waals surface area contributed by atoms with Crippen LogP contribution in [0, 0.1) is 5.82 Å². The highest BCUT2D eigenvalue weighted by molar-refractivity contribution is 7.17. The van der Waals surface area contributed by atoms with Gasteiger partial charge < -0.3 is 15.3 Å². The largest absolute Gasteiger partial charge is 0.481 e. The second-order valence-electron chi connectivity index (χ2n) is 9.13. The minimum Gasteiger partial charge on any atom is -0.481 e. The van der Waals surface area contributed by atoms with Gasteiger partial charge in [-0.2, -0.15) is 0 Å². The Bertz CT molecular complexity index is 1210. The molecular weight excluding hydrogens is 441 g/mol. The normalized spacial score (nSPS) is 18.2. The molecule has 7 heteroatoms. The van der Waals surface area contributed by atoms with Gasteiger partial charge in [0, 0.05) is 28.9 Å². The first-order chi connectivity index (χ1) is 15.9. The molecule has 2 aliphatic rings. The first-order valence-electron chi connectivity index (χ1n) is 11.4. The number of thiophene rings is 1. The lowest BCUT2D eigenvalue weighted by atomic mass is 9.91. The molecule has 0 amide bonds. The van der Waals surface area contributed by atoms with E-state index in [1.54, 1.807) is 29.5 Å². The third-order valence-corrected chi connectivity index (χ3v) is 7.23. The lowest BCUT2D eigenvalue weighted by molar-refractivity contribution is -0.139. The van der Waals surface area contributed by atoms with E-state index in [4.69, 9.17) is 10.1 Å². The monoisotopic (exact) mass is 467 g/mol. The van der Waals surface area contributed by atoms with Crippen molar-refractivity contribution in [3.63, 3.8) is 0 Å². The molecular formula is C26H26FNO4S. The summed E-state index contributed by atoms with van der Waals surface area (Å²) >= 11 is 1.65. The molecule has 3 aromatic rings. The molecule has 0 aliphatic heterocycles. The van der Waals surface area contributed by atoms with Crippen molar-refractivity contribution in [2.45, 2.75) is 62.6 Å². The Morgan fingerprint density at radius 2 is 1.85 bits per heavy atom. The number of aromatic nitrogens is 1. The van der Waals surface area contributed by atoms with Crippen LogP contribution in [0.1, 0.15) is 67.2 Å². The maximum atomic E-state index is 13.7. The van der Waals surface area contributed by atoms with E-state index in [1.165, 1.54) is 17.7 Å². The number of hydrogen-bond acceptors (Lipinski definition) is 5. The third kappa shape index (κ3) is 4.86. The molecule has 2 atom stereocenters. The van der Waals surface area contributed by atoms with Crippen LogP contribution in [0.2, 0.25) is 0 Å². The molecule has 5 nitrogen and oxygen atoms in total. The van der Waals surface area contributed by atoms with Gasteiger partial charge in [0.1, 0.15) is 10.6 Å². The number of carbonyl (C=O) groups is 1. The summed E-state index contributed by atoms with van der Waals surface area (Å²) in [5.74, 6) is -0.512. The van der Waals surface area contributed by atoms with Crippen LogP contribution in [0.4, 0.5) is 4.39 Å². The summed E-state index contributed by atoms with van der Waals surface area (Å²) in [6, 6.07) is 6.51. The summed E-state index contributed by atoms with van der Waals surface area (Å²) in [6.45, 7) is 0. The number of hydrogen-bond donors (Lipinski definition) is 3. The predicted molar refractivity (Wildman–Crippen MR) is 127 cm³/mol. The highest BCUT2D eigenvalue weighted by atomic mass is 32.1. The fourth-order valence-corrected chi connectivity index (χ4v) is 5.46. The zero-order valence-corrected chi connectivity index (χ0v) is 18.9. The number of carboxylic acids is 1. The Morgan fingerprint density at radius 1 is 1.15 bits per heavy atom. The molecule has 172 valence electrons. The maximum absolute atomic E-state index is 13.7. The first kappa shape index (κ1) is 22.2. The summed E-state index contributed by atoms with van der Waals surface area (Å²) in [6.07, 6.45) is 5.30. The van der Waals surface area contributed by atoms with Gasteiger partial charge in [-0.1, -0.05) is 24.3 Å². The fraction of sp³-hybridized carbons (Fsp3) is 0.385. The van der Waals surface area contributed by atoms with Gasteiger partial charge in [0.25, 0.3) is 0 Å². The van der Waals surface area contributed by atoms with Crippen LogP contribution >= 0.6 is 11.3 Å². The maximum Gasteiger partial charge on any atom is 0.305 e. The number of pyridine rings is 1. The van der Waals surface area contributed by atoms with Crippen molar-refractivity contribution in [3.8, 4) is 11.1 Å². The Balaban J connectivity index is 1.62. The summed E-state index contributed by atoms with van der Waals surface area (Å²) < 4.78 is 13.7. The second kappa shape index (κ2) is 8.97. The minimum atomic E-state index is -1.12. The second-order valence-corrected chi connectivity index (χ2v) is 9.98. The SMILES string of the molecule is O=C(O)C[C@H](O)C[C@H](O)/C=C/c1c(C2CC2)nc2scc(C3CC3)c2c1-c1ccc(F)cc1.